The summed E-state index contributed by atoms with van der Waals surface area (Å²) < 4.78 is 0. The van der Waals surface area contributed by atoms with E-state index in [1.165, 1.54) is 4.90 Å². The Morgan fingerprint density at radius 1 is 1.14 bits per heavy atom. The van der Waals surface area contributed by atoms with Crippen molar-refractivity contribution in [2.75, 3.05) is 0 Å². The Balaban J connectivity index is 2.17. The van der Waals surface area contributed by atoms with Crippen LogP contribution in [0.25, 0.3) is 10.8 Å². The van der Waals surface area contributed by atoms with Crippen LogP contribution in [0.2, 0.25) is 0 Å². The van der Waals surface area contributed by atoms with Crippen LogP contribution in [0.5, 0.6) is 0 Å². The van der Waals surface area contributed by atoms with E-state index in [2.05, 4.69) is 6.07 Å². The van der Waals surface area contributed by atoms with Crippen molar-refractivity contribution in [3.05, 3.63) is 47.5 Å². The van der Waals surface area contributed by atoms with Gasteiger partial charge >= 0.3 is 0 Å². The monoisotopic (exact) mass is 278 g/mol. The molecule has 0 spiro atoms. The van der Waals surface area contributed by atoms with Gasteiger partial charge in [0.15, 0.2) is 0 Å². The highest BCUT2D eigenvalue weighted by molar-refractivity contribution is 6.26. The van der Waals surface area contributed by atoms with Gasteiger partial charge in [0.2, 0.25) is 0 Å². The van der Waals surface area contributed by atoms with Crippen molar-refractivity contribution in [3.63, 3.8) is 0 Å². The largest absolute Gasteiger partial charge is 0.270 e. The molecule has 1 heterocycles. The zero-order valence-corrected chi connectivity index (χ0v) is 11.7. The molecular weight excluding hydrogens is 264 g/mol. The van der Waals surface area contributed by atoms with E-state index >= 15 is 0 Å². The maximum Gasteiger partial charge on any atom is 0.262 e. The zero-order valence-electron chi connectivity index (χ0n) is 11.7. The summed E-state index contributed by atoms with van der Waals surface area (Å²) in [5, 5.41) is 10.6. The number of imide groups is 1. The molecule has 4 nitrogen and oxygen atoms in total. The van der Waals surface area contributed by atoms with Crippen LogP contribution in [-0.2, 0) is 0 Å². The second kappa shape index (κ2) is 5.02. The SMILES string of the molecule is CCC(CC#N)N1C(=O)c2ccc3ccccc3c2C1=O. The summed E-state index contributed by atoms with van der Waals surface area (Å²) in [5.41, 5.74) is 0.907. The zero-order chi connectivity index (χ0) is 15.0. The molecular formula is C17H14N2O2. The maximum absolute atomic E-state index is 12.7. The molecule has 4 heteroatoms. The highest BCUT2D eigenvalue weighted by atomic mass is 16.2. The lowest BCUT2D eigenvalue weighted by atomic mass is 10.0. The number of amides is 2. The molecule has 0 N–H and O–H groups in total. The van der Waals surface area contributed by atoms with Crippen molar-refractivity contribution in [1.29, 1.82) is 5.26 Å². The Labute approximate surface area is 122 Å². The fourth-order valence-corrected chi connectivity index (χ4v) is 2.88. The molecule has 21 heavy (non-hydrogen) atoms. The molecule has 0 saturated heterocycles. The van der Waals surface area contributed by atoms with E-state index in [4.69, 9.17) is 5.26 Å². The minimum absolute atomic E-state index is 0.167. The number of benzene rings is 2. The van der Waals surface area contributed by atoms with Gasteiger partial charge in [0.1, 0.15) is 0 Å². The van der Waals surface area contributed by atoms with Crippen LogP contribution in [0, 0.1) is 11.3 Å². The molecule has 2 aromatic rings. The highest BCUT2D eigenvalue weighted by Gasteiger charge is 2.40. The van der Waals surface area contributed by atoms with E-state index in [1.807, 2.05) is 37.3 Å². The molecule has 1 aliphatic rings. The average Bonchev–Trinajstić information content (AvgIpc) is 2.77. The molecule has 0 fully saturated rings. The summed E-state index contributed by atoms with van der Waals surface area (Å²) in [5.74, 6) is -0.572. The summed E-state index contributed by atoms with van der Waals surface area (Å²) in [6, 6.07) is 12.8. The summed E-state index contributed by atoms with van der Waals surface area (Å²) in [6.07, 6.45) is 0.747. The van der Waals surface area contributed by atoms with Crippen LogP contribution in [0.3, 0.4) is 0 Å². The van der Waals surface area contributed by atoms with Crippen molar-refractivity contribution in [2.24, 2.45) is 0 Å². The topological polar surface area (TPSA) is 61.2 Å². The molecule has 0 radical (unpaired) electrons. The Hall–Kier alpha value is -2.67. The Morgan fingerprint density at radius 2 is 1.90 bits per heavy atom. The van der Waals surface area contributed by atoms with Crippen LogP contribution in [-0.4, -0.2) is 22.8 Å². The number of hydrogen-bond acceptors (Lipinski definition) is 3. The van der Waals surface area contributed by atoms with Crippen LogP contribution >= 0.6 is 0 Å². The Kier molecular flexibility index (Phi) is 3.19. The van der Waals surface area contributed by atoms with Gasteiger partial charge in [-0.2, -0.15) is 5.26 Å². The van der Waals surface area contributed by atoms with Gasteiger partial charge in [-0.1, -0.05) is 37.3 Å². The molecule has 1 atom stereocenters. The van der Waals surface area contributed by atoms with Gasteiger partial charge in [0.05, 0.1) is 29.7 Å². The molecule has 2 amide bonds. The summed E-state index contributed by atoms with van der Waals surface area (Å²) >= 11 is 0. The van der Waals surface area contributed by atoms with Gasteiger partial charge in [-0.25, -0.2) is 0 Å². The molecule has 104 valence electrons. The van der Waals surface area contributed by atoms with E-state index in [-0.39, 0.29) is 24.3 Å². The minimum Gasteiger partial charge on any atom is -0.270 e. The summed E-state index contributed by atoms with van der Waals surface area (Å²) in [6.45, 7) is 1.88. The number of hydrogen-bond donors (Lipinski definition) is 0. The lowest BCUT2D eigenvalue weighted by Gasteiger charge is -2.22. The first-order valence-electron chi connectivity index (χ1n) is 6.95. The summed E-state index contributed by atoms with van der Waals surface area (Å²) in [4.78, 5) is 26.5. The van der Waals surface area contributed by atoms with Crippen LogP contribution < -0.4 is 0 Å². The van der Waals surface area contributed by atoms with E-state index in [1.54, 1.807) is 6.07 Å². The van der Waals surface area contributed by atoms with Crippen LogP contribution in [0.1, 0.15) is 40.5 Å². The van der Waals surface area contributed by atoms with Crippen LogP contribution in [0.15, 0.2) is 36.4 Å². The molecule has 1 unspecified atom stereocenters. The Morgan fingerprint density at radius 3 is 2.62 bits per heavy atom. The van der Waals surface area contributed by atoms with E-state index in [9.17, 15) is 9.59 Å². The second-order valence-electron chi connectivity index (χ2n) is 5.11. The van der Waals surface area contributed by atoms with Crippen molar-refractivity contribution in [1.82, 2.24) is 4.90 Å². The van der Waals surface area contributed by atoms with Crippen LogP contribution in [0.4, 0.5) is 0 Å². The van der Waals surface area contributed by atoms with Gasteiger partial charge in [0.25, 0.3) is 11.8 Å². The predicted molar refractivity (Wildman–Crippen MR) is 78.8 cm³/mol. The van der Waals surface area contributed by atoms with Crippen molar-refractivity contribution >= 4 is 22.6 Å². The third-order valence-corrected chi connectivity index (χ3v) is 3.97. The molecule has 0 saturated carbocycles. The van der Waals surface area contributed by atoms with Gasteiger partial charge in [-0.15, -0.1) is 0 Å². The third kappa shape index (κ3) is 1.90. The molecule has 0 aromatic heterocycles. The fraction of sp³-hybridized carbons (Fsp3) is 0.235. The molecule has 2 aromatic carbocycles. The number of carbonyl (C=O) groups excluding carboxylic acids is 2. The predicted octanol–water partition coefficient (Wildman–Crippen LogP) is 3.13. The first-order valence-corrected chi connectivity index (χ1v) is 6.95. The fourth-order valence-electron chi connectivity index (χ4n) is 2.88. The van der Waals surface area contributed by atoms with Gasteiger partial charge in [-0.3, -0.25) is 14.5 Å². The lowest BCUT2D eigenvalue weighted by molar-refractivity contribution is 0.0583. The molecule has 0 bridgehead atoms. The second-order valence-corrected chi connectivity index (χ2v) is 5.11. The summed E-state index contributed by atoms with van der Waals surface area (Å²) in [7, 11) is 0. The van der Waals surface area contributed by atoms with Crippen molar-refractivity contribution in [3.8, 4) is 6.07 Å². The van der Waals surface area contributed by atoms with E-state index in [0.29, 0.717) is 17.5 Å². The van der Waals surface area contributed by atoms with Crippen molar-refractivity contribution in [2.45, 2.75) is 25.8 Å². The number of nitrogens with zero attached hydrogens (tertiary/aromatic N) is 2. The maximum atomic E-state index is 12.7. The molecule has 1 aliphatic heterocycles. The smallest absolute Gasteiger partial charge is 0.262 e. The highest BCUT2D eigenvalue weighted by Crippen LogP contribution is 2.32. The Bertz CT molecular complexity index is 789. The first kappa shape index (κ1) is 13.3. The molecule has 3 rings (SSSR count). The van der Waals surface area contributed by atoms with Gasteiger partial charge in [0, 0.05) is 0 Å². The lowest BCUT2D eigenvalue weighted by Crippen LogP contribution is -2.39. The van der Waals surface area contributed by atoms with Gasteiger partial charge in [-0.05, 0) is 23.3 Å². The van der Waals surface area contributed by atoms with Crippen molar-refractivity contribution < 1.29 is 9.59 Å². The third-order valence-electron chi connectivity index (χ3n) is 3.97. The quantitative estimate of drug-likeness (QED) is 0.810. The first-order chi connectivity index (χ1) is 10.2. The number of fused-ring (bicyclic) bond motifs is 3. The normalized spacial score (nSPS) is 15.1. The van der Waals surface area contributed by atoms with E-state index < -0.39 is 0 Å². The minimum atomic E-state index is -0.360. The number of rotatable bonds is 3. The van der Waals surface area contributed by atoms with E-state index in [0.717, 1.165) is 10.8 Å². The number of carbonyl (C=O) groups is 2. The number of nitriles is 1. The average molecular weight is 278 g/mol. The standard InChI is InChI=1S/C17H14N2O2/c1-2-12(9-10-18)19-16(20)14-8-7-11-5-3-4-6-13(11)15(14)17(19)21/h3-8,12H,2,9H2,1H3. The van der Waals surface area contributed by atoms with Gasteiger partial charge < -0.3 is 0 Å². The molecule has 0 aliphatic carbocycles.